The predicted molar refractivity (Wildman–Crippen MR) is 140 cm³/mol. The van der Waals surface area contributed by atoms with Gasteiger partial charge in [0.15, 0.2) is 6.10 Å². The van der Waals surface area contributed by atoms with Gasteiger partial charge in [-0.25, -0.2) is 4.79 Å². The van der Waals surface area contributed by atoms with Crippen LogP contribution >= 0.6 is 0 Å². The molecule has 1 heterocycles. The summed E-state index contributed by atoms with van der Waals surface area (Å²) < 4.78 is 12.4. The van der Waals surface area contributed by atoms with Crippen molar-refractivity contribution in [2.75, 3.05) is 0 Å². The van der Waals surface area contributed by atoms with Gasteiger partial charge >= 0.3 is 5.97 Å². The number of carbonyl (C=O) groups excluding carboxylic acids is 1. The van der Waals surface area contributed by atoms with Crippen LogP contribution in [0.1, 0.15) is 59.6 Å². The fourth-order valence-corrected chi connectivity index (χ4v) is 5.35. The standard InChI is InChI=1S/C31H30N2O5/c32-18-23-15-16-24-19-33(30(34)29(22-11-5-2-6-12-22)38-25-13-7-8-14-25)27(31(35)36)17-26(24)28(23)37-20-21-9-3-1-4-10-21/h1-6,9-12,15-16,25,27,29H,7-8,13-14,17,19-20H2,(H,35,36)/t27-,29?/m0/s1. The lowest BCUT2D eigenvalue weighted by atomic mass is 9.90. The summed E-state index contributed by atoms with van der Waals surface area (Å²) in [5, 5.41) is 19.9. The van der Waals surface area contributed by atoms with Crippen LogP contribution in [0.4, 0.5) is 0 Å². The van der Waals surface area contributed by atoms with E-state index in [1.54, 1.807) is 12.1 Å². The van der Waals surface area contributed by atoms with Crippen LogP contribution in [-0.2, 0) is 33.9 Å². The average molecular weight is 511 g/mol. The Morgan fingerprint density at radius 3 is 2.34 bits per heavy atom. The highest BCUT2D eigenvalue weighted by atomic mass is 16.5. The van der Waals surface area contributed by atoms with Crippen LogP contribution in [0.3, 0.4) is 0 Å². The molecule has 38 heavy (non-hydrogen) atoms. The van der Waals surface area contributed by atoms with Gasteiger partial charge in [0, 0.05) is 18.5 Å². The summed E-state index contributed by atoms with van der Waals surface area (Å²) in [6.07, 6.45) is 3.03. The smallest absolute Gasteiger partial charge is 0.326 e. The van der Waals surface area contributed by atoms with Gasteiger partial charge in [0.1, 0.15) is 24.5 Å². The molecule has 1 fully saturated rings. The molecule has 0 aromatic heterocycles. The van der Waals surface area contributed by atoms with E-state index in [1.165, 1.54) is 4.90 Å². The van der Waals surface area contributed by atoms with Gasteiger partial charge in [0.2, 0.25) is 0 Å². The van der Waals surface area contributed by atoms with Gasteiger partial charge in [-0.3, -0.25) is 4.79 Å². The summed E-state index contributed by atoms with van der Waals surface area (Å²) in [7, 11) is 0. The number of carboxylic acids is 1. The molecular formula is C31H30N2O5. The van der Waals surface area contributed by atoms with Crippen LogP contribution in [-0.4, -0.2) is 34.0 Å². The van der Waals surface area contributed by atoms with E-state index in [-0.39, 0.29) is 31.6 Å². The number of hydrogen-bond acceptors (Lipinski definition) is 5. The van der Waals surface area contributed by atoms with Gasteiger partial charge < -0.3 is 19.5 Å². The molecule has 2 atom stereocenters. The highest BCUT2D eigenvalue weighted by Gasteiger charge is 2.40. The molecule has 7 nitrogen and oxygen atoms in total. The number of nitriles is 1. The Bertz CT molecular complexity index is 1330. The van der Waals surface area contributed by atoms with E-state index in [9.17, 15) is 20.0 Å². The first kappa shape index (κ1) is 25.5. The second-order valence-corrected chi connectivity index (χ2v) is 9.82. The molecule has 0 saturated heterocycles. The number of amides is 1. The molecule has 1 N–H and O–H groups in total. The summed E-state index contributed by atoms with van der Waals surface area (Å²) in [6, 6.07) is 23.4. The van der Waals surface area contributed by atoms with Crippen molar-refractivity contribution in [1.29, 1.82) is 5.26 Å². The Hall–Kier alpha value is -4.15. The molecule has 194 valence electrons. The number of benzene rings is 3. The zero-order valence-electron chi connectivity index (χ0n) is 21.1. The first-order valence-electron chi connectivity index (χ1n) is 13.0. The molecule has 1 unspecified atom stereocenters. The van der Waals surface area contributed by atoms with Crippen molar-refractivity contribution in [1.82, 2.24) is 4.90 Å². The SMILES string of the molecule is N#Cc1ccc2c(c1OCc1ccccc1)C[C@@H](C(=O)O)N(C(=O)C(OC1CCCC1)c1ccccc1)C2. The molecule has 5 rings (SSSR count). The van der Waals surface area contributed by atoms with Gasteiger partial charge in [0.25, 0.3) is 5.91 Å². The lowest BCUT2D eigenvalue weighted by molar-refractivity contribution is -0.160. The van der Waals surface area contributed by atoms with Gasteiger partial charge in [-0.05, 0) is 35.6 Å². The fourth-order valence-electron chi connectivity index (χ4n) is 5.35. The lowest BCUT2D eigenvalue weighted by Gasteiger charge is -2.37. The number of aliphatic carboxylic acids is 1. The Labute approximate surface area is 222 Å². The minimum absolute atomic E-state index is 0.0271. The maximum atomic E-state index is 14.0. The van der Waals surface area contributed by atoms with Crippen LogP contribution in [0, 0.1) is 11.3 Å². The monoisotopic (exact) mass is 510 g/mol. The van der Waals surface area contributed by atoms with E-state index in [0.717, 1.165) is 36.8 Å². The minimum atomic E-state index is -1.11. The first-order valence-corrected chi connectivity index (χ1v) is 13.0. The third kappa shape index (κ3) is 5.41. The van der Waals surface area contributed by atoms with E-state index < -0.39 is 18.1 Å². The first-order chi connectivity index (χ1) is 18.5. The largest absolute Gasteiger partial charge is 0.487 e. The van der Waals surface area contributed by atoms with Crippen molar-refractivity contribution >= 4 is 11.9 Å². The molecule has 0 spiro atoms. The van der Waals surface area contributed by atoms with Crippen molar-refractivity contribution in [3.63, 3.8) is 0 Å². The molecule has 0 bridgehead atoms. The molecule has 3 aromatic carbocycles. The van der Waals surface area contributed by atoms with Gasteiger partial charge in [-0.1, -0.05) is 79.6 Å². The van der Waals surface area contributed by atoms with Gasteiger partial charge in [0.05, 0.1) is 11.7 Å². The number of fused-ring (bicyclic) bond motifs is 1. The number of carbonyl (C=O) groups is 2. The molecular weight excluding hydrogens is 480 g/mol. The Balaban J connectivity index is 1.46. The summed E-state index contributed by atoms with van der Waals surface area (Å²) in [4.78, 5) is 27.9. The van der Waals surface area contributed by atoms with Gasteiger partial charge in [-0.15, -0.1) is 0 Å². The summed E-state index contributed by atoms with van der Waals surface area (Å²) in [6.45, 7) is 0.341. The summed E-state index contributed by atoms with van der Waals surface area (Å²) in [5.74, 6) is -1.08. The molecule has 1 aliphatic carbocycles. The van der Waals surface area contributed by atoms with Crippen LogP contribution in [0.5, 0.6) is 5.75 Å². The molecule has 0 radical (unpaired) electrons. The quantitative estimate of drug-likeness (QED) is 0.449. The number of nitrogens with zero attached hydrogens (tertiary/aromatic N) is 2. The summed E-state index contributed by atoms with van der Waals surface area (Å²) >= 11 is 0. The van der Waals surface area contributed by atoms with Gasteiger partial charge in [-0.2, -0.15) is 5.26 Å². The fraction of sp³-hybridized carbons (Fsp3) is 0.323. The van der Waals surface area contributed by atoms with Crippen LogP contribution in [0.15, 0.2) is 72.8 Å². The highest BCUT2D eigenvalue weighted by Crippen LogP contribution is 2.37. The normalized spacial score (nSPS) is 17.9. The lowest BCUT2D eigenvalue weighted by Crippen LogP contribution is -2.50. The van der Waals surface area contributed by atoms with Crippen molar-refractivity contribution in [3.8, 4) is 11.8 Å². The average Bonchev–Trinajstić information content (AvgIpc) is 3.48. The number of rotatable bonds is 8. The number of carboxylic acid groups (broad SMARTS) is 1. The van der Waals surface area contributed by atoms with Crippen molar-refractivity contribution in [3.05, 3.63) is 101 Å². The molecule has 2 aliphatic rings. The number of hydrogen-bond donors (Lipinski definition) is 1. The molecule has 1 amide bonds. The van der Waals surface area contributed by atoms with E-state index in [1.807, 2.05) is 60.7 Å². The van der Waals surface area contributed by atoms with Crippen LogP contribution in [0.2, 0.25) is 0 Å². The third-order valence-corrected chi connectivity index (χ3v) is 7.34. The maximum Gasteiger partial charge on any atom is 0.326 e. The van der Waals surface area contributed by atoms with Crippen molar-refractivity contribution < 1.29 is 24.2 Å². The molecule has 7 heteroatoms. The minimum Gasteiger partial charge on any atom is -0.487 e. The van der Waals surface area contributed by atoms with Crippen molar-refractivity contribution in [2.24, 2.45) is 0 Å². The number of ether oxygens (including phenoxy) is 2. The van der Waals surface area contributed by atoms with Crippen molar-refractivity contribution in [2.45, 2.75) is 63.5 Å². The van der Waals surface area contributed by atoms with Crippen LogP contribution in [0.25, 0.3) is 0 Å². The zero-order valence-corrected chi connectivity index (χ0v) is 21.1. The summed E-state index contributed by atoms with van der Waals surface area (Å²) in [5.41, 5.74) is 3.42. The maximum absolute atomic E-state index is 14.0. The second kappa shape index (κ2) is 11.5. The highest BCUT2D eigenvalue weighted by molar-refractivity contribution is 5.88. The zero-order chi connectivity index (χ0) is 26.5. The predicted octanol–water partition coefficient (Wildman–Crippen LogP) is 5.18. The molecule has 1 saturated carbocycles. The third-order valence-electron chi connectivity index (χ3n) is 7.34. The van der Waals surface area contributed by atoms with E-state index in [4.69, 9.17) is 9.47 Å². The van der Waals surface area contributed by atoms with E-state index in [0.29, 0.717) is 22.4 Å². The Kier molecular flexibility index (Phi) is 7.71. The topological polar surface area (TPSA) is 99.9 Å². The van der Waals surface area contributed by atoms with E-state index in [2.05, 4.69) is 6.07 Å². The second-order valence-electron chi connectivity index (χ2n) is 9.82. The Morgan fingerprint density at radius 2 is 1.68 bits per heavy atom. The van der Waals surface area contributed by atoms with E-state index >= 15 is 0 Å². The molecule has 1 aliphatic heterocycles. The van der Waals surface area contributed by atoms with Crippen LogP contribution < -0.4 is 4.74 Å². The Morgan fingerprint density at radius 1 is 1.00 bits per heavy atom. The molecule has 3 aromatic rings.